The second-order valence-electron chi connectivity index (χ2n) is 3.67. The molecular formula is C11H16N2O5. The van der Waals surface area contributed by atoms with Crippen molar-refractivity contribution in [2.24, 2.45) is 0 Å². The molecule has 0 aliphatic rings. The van der Waals surface area contributed by atoms with E-state index in [1.54, 1.807) is 30.3 Å². The largest absolute Gasteiger partial charge is 0.394 e. The third kappa shape index (κ3) is 3.97. The van der Waals surface area contributed by atoms with Gasteiger partial charge in [-0.25, -0.2) is 0 Å². The highest BCUT2D eigenvalue weighted by atomic mass is 16.4. The quantitative estimate of drug-likeness (QED) is 0.334. The number of para-hydroxylation sites is 1. The fourth-order valence-electron chi connectivity index (χ4n) is 1.20. The number of anilines is 1. The van der Waals surface area contributed by atoms with Gasteiger partial charge in [-0.05, 0) is 12.1 Å². The fourth-order valence-corrected chi connectivity index (χ4v) is 1.20. The lowest BCUT2D eigenvalue weighted by molar-refractivity contribution is -0.141. The minimum Gasteiger partial charge on any atom is -0.394 e. The molecule has 0 heterocycles. The van der Waals surface area contributed by atoms with E-state index in [-0.39, 0.29) is 0 Å². The summed E-state index contributed by atoms with van der Waals surface area (Å²) in [5.74, 6) is -0.918. The standard InChI is InChI=1S/C11H16N2O5/c14-6-8(15)9(16)10(17)11(18)13-12-7-4-2-1-3-5-7/h1-5,8-10,12,14-17H,6H2,(H,13,18)/t8-,9-,10+/m1/s1. The van der Waals surface area contributed by atoms with Crippen molar-refractivity contribution in [3.05, 3.63) is 30.3 Å². The first-order valence-corrected chi connectivity index (χ1v) is 5.32. The molecule has 0 unspecified atom stereocenters. The lowest BCUT2D eigenvalue weighted by Crippen LogP contribution is -2.49. The van der Waals surface area contributed by atoms with E-state index in [1.165, 1.54) is 0 Å². The third-order valence-corrected chi connectivity index (χ3v) is 2.28. The van der Waals surface area contributed by atoms with Crippen LogP contribution in [-0.4, -0.2) is 51.3 Å². The molecule has 1 rings (SSSR count). The van der Waals surface area contributed by atoms with Crippen molar-refractivity contribution in [1.29, 1.82) is 0 Å². The van der Waals surface area contributed by atoms with Crippen LogP contribution in [0.2, 0.25) is 0 Å². The van der Waals surface area contributed by atoms with Crippen molar-refractivity contribution in [3.8, 4) is 0 Å². The van der Waals surface area contributed by atoms with Crippen molar-refractivity contribution in [2.45, 2.75) is 18.3 Å². The van der Waals surface area contributed by atoms with Crippen LogP contribution >= 0.6 is 0 Å². The molecule has 3 atom stereocenters. The summed E-state index contributed by atoms with van der Waals surface area (Å²) in [6, 6.07) is 8.66. The van der Waals surface area contributed by atoms with Crippen LogP contribution < -0.4 is 10.9 Å². The lowest BCUT2D eigenvalue weighted by Gasteiger charge is -2.21. The Morgan fingerprint density at radius 1 is 1.17 bits per heavy atom. The third-order valence-electron chi connectivity index (χ3n) is 2.28. The zero-order valence-corrected chi connectivity index (χ0v) is 9.52. The van der Waals surface area contributed by atoms with Gasteiger partial charge < -0.3 is 20.4 Å². The maximum atomic E-state index is 11.4. The number of hydrazine groups is 1. The van der Waals surface area contributed by atoms with Crippen molar-refractivity contribution in [1.82, 2.24) is 5.43 Å². The highest BCUT2D eigenvalue weighted by Crippen LogP contribution is 2.04. The Bertz CT molecular complexity index is 373. The van der Waals surface area contributed by atoms with Crippen molar-refractivity contribution >= 4 is 11.6 Å². The average molecular weight is 256 g/mol. The van der Waals surface area contributed by atoms with Gasteiger partial charge in [-0.1, -0.05) is 18.2 Å². The van der Waals surface area contributed by atoms with Gasteiger partial charge in [-0.3, -0.25) is 15.6 Å². The van der Waals surface area contributed by atoms with E-state index in [1.807, 2.05) is 0 Å². The normalized spacial score (nSPS) is 15.6. The minimum absolute atomic E-state index is 0.593. The van der Waals surface area contributed by atoms with E-state index in [4.69, 9.17) is 10.2 Å². The Kier molecular flexibility index (Phi) is 5.53. The monoisotopic (exact) mass is 256 g/mol. The summed E-state index contributed by atoms with van der Waals surface area (Å²) in [4.78, 5) is 11.4. The molecule has 1 aromatic carbocycles. The molecule has 7 heteroatoms. The summed E-state index contributed by atoms with van der Waals surface area (Å²) in [5, 5.41) is 36.3. The molecule has 1 amide bonds. The van der Waals surface area contributed by atoms with Gasteiger partial charge in [0.1, 0.15) is 12.2 Å². The van der Waals surface area contributed by atoms with Gasteiger partial charge in [-0.2, -0.15) is 0 Å². The van der Waals surface area contributed by atoms with E-state index in [9.17, 15) is 15.0 Å². The molecule has 0 aliphatic carbocycles. The van der Waals surface area contributed by atoms with Crippen LogP contribution in [-0.2, 0) is 4.79 Å². The van der Waals surface area contributed by atoms with Crippen LogP contribution in [0.25, 0.3) is 0 Å². The number of aliphatic hydroxyl groups excluding tert-OH is 4. The van der Waals surface area contributed by atoms with Gasteiger partial charge in [0, 0.05) is 0 Å². The Morgan fingerprint density at radius 3 is 2.33 bits per heavy atom. The molecule has 18 heavy (non-hydrogen) atoms. The summed E-state index contributed by atoms with van der Waals surface area (Å²) in [5.41, 5.74) is 5.28. The van der Waals surface area contributed by atoms with E-state index in [0.29, 0.717) is 5.69 Å². The Balaban J connectivity index is 2.45. The van der Waals surface area contributed by atoms with Crippen LogP contribution in [0.4, 0.5) is 5.69 Å². The predicted molar refractivity (Wildman–Crippen MR) is 63.3 cm³/mol. The number of nitrogens with one attached hydrogen (secondary N) is 2. The van der Waals surface area contributed by atoms with Crippen molar-refractivity contribution in [3.63, 3.8) is 0 Å². The number of hydrogen-bond acceptors (Lipinski definition) is 6. The number of carbonyl (C=O) groups is 1. The lowest BCUT2D eigenvalue weighted by atomic mass is 10.1. The molecule has 0 fully saturated rings. The van der Waals surface area contributed by atoms with Crippen LogP contribution in [0.15, 0.2) is 30.3 Å². The van der Waals surface area contributed by atoms with Crippen molar-refractivity contribution < 1.29 is 25.2 Å². The summed E-state index contributed by atoms with van der Waals surface area (Å²) < 4.78 is 0. The molecule has 0 bridgehead atoms. The molecule has 7 nitrogen and oxygen atoms in total. The molecule has 0 spiro atoms. The van der Waals surface area contributed by atoms with Gasteiger partial charge in [-0.15, -0.1) is 0 Å². The Hall–Kier alpha value is -1.67. The molecule has 0 saturated heterocycles. The van der Waals surface area contributed by atoms with Gasteiger partial charge in [0.25, 0.3) is 5.91 Å². The topological polar surface area (TPSA) is 122 Å². The second-order valence-corrected chi connectivity index (χ2v) is 3.67. The summed E-state index contributed by atoms with van der Waals surface area (Å²) >= 11 is 0. The molecular weight excluding hydrogens is 240 g/mol. The number of rotatable bonds is 6. The zero-order valence-electron chi connectivity index (χ0n) is 9.52. The summed E-state index contributed by atoms with van der Waals surface area (Å²) in [6.07, 6.45) is -5.18. The first-order valence-electron chi connectivity index (χ1n) is 5.32. The van der Waals surface area contributed by atoms with Gasteiger partial charge in [0.05, 0.1) is 12.3 Å². The van der Waals surface area contributed by atoms with Crippen molar-refractivity contribution in [2.75, 3.05) is 12.0 Å². The second kappa shape index (κ2) is 6.92. The summed E-state index contributed by atoms with van der Waals surface area (Å²) in [6.45, 7) is -0.752. The zero-order chi connectivity index (χ0) is 13.5. The van der Waals surface area contributed by atoms with E-state index in [2.05, 4.69) is 10.9 Å². The first kappa shape index (κ1) is 14.4. The molecule has 6 N–H and O–H groups in total. The van der Waals surface area contributed by atoms with Gasteiger partial charge >= 0.3 is 0 Å². The highest BCUT2D eigenvalue weighted by molar-refractivity contribution is 5.82. The van der Waals surface area contributed by atoms with E-state index >= 15 is 0 Å². The maximum Gasteiger partial charge on any atom is 0.269 e. The van der Waals surface area contributed by atoms with Gasteiger partial charge in [0.2, 0.25) is 0 Å². The molecule has 0 radical (unpaired) electrons. The number of hydrogen-bond donors (Lipinski definition) is 6. The average Bonchev–Trinajstić information content (AvgIpc) is 2.43. The highest BCUT2D eigenvalue weighted by Gasteiger charge is 2.29. The van der Waals surface area contributed by atoms with Crippen LogP contribution in [0.5, 0.6) is 0 Å². The van der Waals surface area contributed by atoms with Crippen LogP contribution in [0.1, 0.15) is 0 Å². The molecule has 0 aliphatic heterocycles. The Labute approximate surface area is 104 Å². The predicted octanol–water partition coefficient (Wildman–Crippen LogP) is -1.80. The van der Waals surface area contributed by atoms with E-state index in [0.717, 1.165) is 0 Å². The number of benzene rings is 1. The van der Waals surface area contributed by atoms with Crippen LogP contribution in [0.3, 0.4) is 0 Å². The first-order chi connectivity index (χ1) is 8.56. The Morgan fingerprint density at radius 2 is 1.78 bits per heavy atom. The molecule has 100 valence electrons. The van der Waals surface area contributed by atoms with Crippen LogP contribution in [0, 0.1) is 0 Å². The number of amides is 1. The minimum atomic E-state index is -1.84. The fraction of sp³-hybridized carbons (Fsp3) is 0.364. The SMILES string of the molecule is O=C(NNc1ccccc1)[C@@H](O)[C@H](O)[C@H](O)CO. The number of aliphatic hydroxyl groups is 4. The smallest absolute Gasteiger partial charge is 0.269 e. The van der Waals surface area contributed by atoms with Gasteiger partial charge in [0.15, 0.2) is 6.10 Å². The molecule has 0 aromatic heterocycles. The summed E-state index contributed by atoms with van der Waals surface area (Å²) in [7, 11) is 0. The van der Waals surface area contributed by atoms with E-state index < -0.39 is 30.8 Å². The maximum absolute atomic E-state index is 11.4. The molecule has 0 saturated carbocycles. The number of carbonyl (C=O) groups excluding carboxylic acids is 1. The molecule has 1 aromatic rings.